The highest BCUT2D eigenvalue weighted by molar-refractivity contribution is 7.89. The Hall–Kier alpha value is -2.99. The molecule has 0 saturated heterocycles. The van der Waals surface area contributed by atoms with Gasteiger partial charge in [0.05, 0.1) is 31.8 Å². The van der Waals surface area contributed by atoms with E-state index in [0.29, 0.717) is 39.5 Å². The van der Waals surface area contributed by atoms with Crippen LogP contribution in [-0.4, -0.2) is 46.5 Å². The summed E-state index contributed by atoms with van der Waals surface area (Å²) in [6, 6.07) is 5.08. The summed E-state index contributed by atoms with van der Waals surface area (Å²) in [4.78, 5) is -0.274. The van der Waals surface area contributed by atoms with Crippen molar-refractivity contribution in [3.8, 4) is 11.5 Å². The molecule has 0 aliphatic rings. The number of aromatic nitrogens is 4. The number of aryl methyl sites for hydroxylation is 2. The van der Waals surface area contributed by atoms with E-state index in [1.807, 2.05) is 6.92 Å². The van der Waals surface area contributed by atoms with Gasteiger partial charge in [-0.3, -0.25) is 4.68 Å². The molecule has 0 atom stereocenters. The summed E-state index contributed by atoms with van der Waals surface area (Å²) in [7, 11) is -1.19. The third kappa shape index (κ3) is 5.01. The van der Waals surface area contributed by atoms with E-state index in [0.717, 1.165) is 6.20 Å². The zero-order valence-electron chi connectivity index (χ0n) is 19.1. The molecule has 0 bridgehead atoms. The number of ether oxygens (including phenoxy) is 2. The zero-order chi connectivity index (χ0) is 24.3. The smallest absolute Gasteiger partial charge is 0.333 e. The summed E-state index contributed by atoms with van der Waals surface area (Å²) in [6.07, 6.45) is 2.74. The Morgan fingerprint density at radius 1 is 1.12 bits per heavy atom. The highest BCUT2D eigenvalue weighted by Crippen LogP contribution is 2.30. The highest BCUT2D eigenvalue weighted by Gasteiger charge is 2.31. The van der Waals surface area contributed by atoms with Gasteiger partial charge in [-0.1, -0.05) is 6.07 Å². The van der Waals surface area contributed by atoms with E-state index >= 15 is 0 Å². The Bertz CT molecular complexity index is 1220. The van der Waals surface area contributed by atoms with Crippen molar-refractivity contribution in [1.82, 2.24) is 23.9 Å². The number of methoxy groups -OCH3 is 2. The van der Waals surface area contributed by atoms with Gasteiger partial charge in [-0.2, -0.15) is 23.3 Å². The maximum atomic E-state index is 13.6. The van der Waals surface area contributed by atoms with Crippen molar-refractivity contribution >= 4 is 10.0 Å². The molecule has 2 aromatic heterocycles. The van der Waals surface area contributed by atoms with E-state index in [2.05, 4.69) is 10.2 Å². The van der Waals surface area contributed by atoms with Crippen molar-refractivity contribution in [1.29, 1.82) is 0 Å². The number of hydrogen-bond donors (Lipinski definition) is 0. The van der Waals surface area contributed by atoms with Gasteiger partial charge in [0.25, 0.3) is 0 Å². The lowest BCUT2D eigenvalue weighted by molar-refractivity contribution is 0.0541. The van der Waals surface area contributed by atoms with E-state index in [1.54, 1.807) is 36.0 Å². The lowest BCUT2D eigenvalue weighted by Gasteiger charge is -2.22. The van der Waals surface area contributed by atoms with Gasteiger partial charge in [-0.05, 0) is 38.5 Å². The van der Waals surface area contributed by atoms with Crippen molar-refractivity contribution in [2.45, 2.75) is 51.9 Å². The number of hydrogen-bond acceptors (Lipinski definition) is 6. The first-order valence-electron chi connectivity index (χ1n) is 10.2. The quantitative estimate of drug-likeness (QED) is 0.438. The van der Waals surface area contributed by atoms with Crippen LogP contribution >= 0.6 is 0 Å². The van der Waals surface area contributed by atoms with Crippen molar-refractivity contribution in [2.24, 2.45) is 0 Å². The molecule has 0 N–H and O–H groups in total. The Morgan fingerprint density at radius 3 is 2.36 bits per heavy atom. The molecule has 180 valence electrons. The molecule has 0 unspecified atom stereocenters. The first-order valence-corrected chi connectivity index (χ1v) is 11.6. The molecule has 3 rings (SSSR count). The summed E-state index contributed by atoms with van der Waals surface area (Å²) in [5, 5.41) is 7.95. The number of sulfonamides is 1. The van der Waals surface area contributed by atoms with Crippen molar-refractivity contribution < 1.29 is 26.7 Å². The van der Waals surface area contributed by atoms with Gasteiger partial charge in [0.15, 0.2) is 11.5 Å². The predicted octanol–water partition coefficient (Wildman–Crippen LogP) is 3.52. The van der Waals surface area contributed by atoms with Crippen molar-refractivity contribution in [3.63, 3.8) is 0 Å². The minimum Gasteiger partial charge on any atom is -0.493 e. The average Bonchev–Trinajstić information content (AvgIpc) is 3.35. The van der Waals surface area contributed by atoms with Gasteiger partial charge in [-0.25, -0.2) is 13.1 Å². The Morgan fingerprint density at radius 2 is 1.82 bits per heavy atom. The molecule has 0 aliphatic heterocycles. The molecular weight excluding hydrogens is 456 g/mol. The van der Waals surface area contributed by atoms with Crippen molar-refractivity contribution in [3.05, 3.63) is 53.1 Å². The van der Waals surface area contributed by atoms with Crippen LogP contribution in [0.4, 0.5) is 8.78 Å². The summed E-state index contributed by atoms with van der Waals surface area (Å²) in [5.74, 6) is 0.953. The van der Waals surface area contributed by atoms with Gasteiger partial charge >= 0.3 is 6.55 Å². The normalized spacial score (nSPS) is 12.0. The fourth-order valence-electron chi connectivity index (χ4n) is 3.47. The van der Waals surface area contributed by atoms with Crippen molar-refractivity contribution in [2.75, 3.05) is 14.2 Å². The third-order valence-corrected chi connectivity index (χ3v) is 7.22. The molecule has 0 saturated carbocycles. The molecular formula is C21H27F2N5O4S. The van der Waals surface area contributed by atoms with Gasteiger partial charge in [-0.15, -0.1) is 0 Å². The molecule has 2 heterocycles. The largest absolute Gasteiger partial charge is 0.493 e. The third-order valence-electron chi connectivity index (χ3n) is 5.33. The fourth-order valence-corrected chi connectivity index (χ4v) is 5.02. The first kappa shape index (κ1) is 24.6. The molecule has 0 aliphatic carbocycles. The summed E-state index contributed by atoms with van der Waals surface area (Å²) in [6.45, 7) is 2.68. The minimum absolute atomic E-state index is 0.00180. The predicted molar refractivity (Wildman–Crippen MR) is 117 cm³/mol. The Labute approximate surface area is 191 Å². The summed E-state index contributed by atoms with van der Waals surface area (Å²) in [5.41, 5.74) is 1.89. The van der Waals surface area contributed by atoms with Gasteiger partial charge in [0.2, 0.25) is 10.0 Å². The van der Waals surface area contributed by atoms with Crippen LogP contribution in [0.25, 0.3) is 0 Å². The van der Waals surface area contributed by atoms with Crippen LogP contribution in [0.3, 0.4) is 0 Å². The average molecular weight is 484 g/mol. The van der Waals surface area contributed by atoms with Crippen LogP contribution in [0, 0.1) is 13.8 Å². The first-order chi connectivity index (χ1) is 15.6. The van der Waals surface area contributed by atoms with E-state index in [4.69, 9.17) is 9.47 Å². The van der Waals surface area contributed by atoms with Crippen LogP contribution in [0.5, 0.6) is 11.5 Å². The SMILES string of the molecule is CCn1cc(CN(Cc2ccc(OC)c(OC)c2)S(=O)(=O)c2cnn(C(F)F)c2C)c(C)n1. The maximum absolute atomic E-state index is 13.6. The van der Waals surface area contributed by atoms with Gasteiger partial charge in [0.1, 0.15) is 4.90 Å². The van der Waals surface area contributed by atoms with Crippen LogP contribution in [0.15, 0.2) is 35.5 Å². The number of alkyl halides is 2. The van der Waals surface area contributed by atoms with Crippen LogP contribution in [-0.2, 0) is 29.7 Å². The molecule has 0 radical (unpaired) electrons. The van der Waals surface area contributed by atoms with E-state index in [9.17, 15) is 17.2 Å². The number of rotatable bonds is 10. The molecule has 0 amide bonds. The second-order valence-corrected chi connectivity index (χ2v) is 9.28. The summed E-state index contributed by atoms with van der Waals surface area (Å²) < 4.78 is 67.6. The lowest BCUT2D eigenvalue weighted by atomic mass is 10.2. The standard InChI is InChI=1S/C21H27F2N5O4S/c1-6-26-12-17(14(2)25-26)13-27(11-16-7-8-18(31-4)19(9-16)32-5)33(29,30)20-10-24-28(15(20)3)21(22)23/h7-10,12,21H,6,11,13H2,1-5H3. The number of halogens is 2. The van der Waals surface area contributed by atoms with Crippen LogP contribution in [0.2, 0.25) is 0 Å². The zero-order valence-corrected chi connectivity index (χ0v) is 19.9. The monoisotopic (exact) mass is 483 g/mol. The molecule has 33 heavy (non-hydrogen) atoms. The number of nitrogens with zero attached hydrogens (tertiary/aromatic N) is 5. The summed E-state index contributed by atoms with van der Waals surface area (Å²) >= 11 is 0. The Kier molecular flexibility index (Phi) is 7.38. The van der Waals surface area contributed by atoms with E-state index in [-0.39, 0.29) is 23.7 Å². The molecule has 0 fully saturated rings. The highest BCUT2D eigenvalue weighted by atomic mass is 32.2. The second kappa shape index (κ2) is 9.87. The molecule has 3 aromatic rings. The lowest BCUT2D eigenvalue weighted by Crippen LogP contribution is -2.31. The maximum Gasteiger partial charge on any atom is 0.333 e. The van der Waals surface area contributed by atoms with Gasteiger partial charge in [0, 0.05) is 31.4 Å². The van der Waals surface area contributed by atoms with E-state index < -0.39 is 16.6 Å². The molecule has 0 spiro atoms. The van der Waals surface area contributed by atoms with E-state index in [1.165, 1.54) is 25.4 Å². The molecule has 1 aromatic carbocycles. The Balaban J connectivity index is 2.05. The second-order valence-electron chi connectivity index (χ2n) is 7.37. The van der Waals surface area contributed by atoms with Crippen LogP contribution < -0.4 is 9.47 Å². The minimum atomic E-state index is -4.18. The molecule has 9 nitrogen and oxygen atoms in total. The fraction of sp³-hybridized carbons (Fsp3) is 0.429. The van der Waals surface area contributed by atoms with Crippen LogP contribution in [0.1, 0.15) is 36.0 Å². The van der Waals surface area contributed by atoms with Gasteiger partial charge < -0.3 is 9.47 Å². The molecule has 12 heteroatoms. The number of benzene rings is 1. The topological polar surface area (TPSA) is 91.5 Å².